The molecule has 2 aromatic carbocycles. The second kappa shape index (κ2) is 5.93. The maximum absolute atomic E-state index is 13.3. The van der Waals surface area contributed by atoms with Gasteiger partial charge in [-0.15, -0.1) is 0 Å². The summed E-state index contributed by atoms with van der Waals surface area (Å²) in [7, 11) is 3.98. The van der Waals surface area contributed by atoms with E-state index in [0.29, 0.717) is 10.2 Å². The highest BCUT2D eigenvalue weighted by Crippen LogP contribution is 2.20. The highest BCUT2D eigenvalue weighted by Gasteiger charge is 2.00. The molecule has 0 saturated carbocycles. The lowest BCUT2D eigenvalue weighted by atomic mass is 10.3. The Morgan fingerprint density at radius 2 is 1.53 bits per heavy atom. The molecule has 0 radical (unpaired) electrons. The van der Waals surface area contributed by atoms with Gasteiger partial charge in [-0.05, 0) is 58.4 Å². The van der Waals surface area contributed by atoms with Crippen molar-refractivity contribution in [2.45, 2.75) is 0 Å². The molecule has 19 heavy (non-hydrogen) atoms. The first-order chi connectivity index (χ1) is 9.06. The van der Waals surface area contributed by atoms with Gasteiger partial charge in [-0.1, -0.05) is 0 Å². The van der Waals surface area contributed by atoms with Gasteiger partial charge in [0.15, 0.2) is 0 Å². The summed E-state index contributed by atoms with van der Waals surface area (Å²) in [5, 5.41) is 0. The lowest BCUT2D eigenvalue weighted by Gasteiger charge is -2.14. The second-order valence-corrected chi connectivity index (χ2v) is 5.17. The van der Waals surface area contributed by atoms with E-state index in [0.717, 1.165) is 11.4 Å². The Morgan fingerprint density at radius 3 is 2.11 bits per heavy atom. The number of hydrogen-bond acceptors (Lipinski definition) is 3. The highest BCUT2D eigenvalue weighted by atomic mass is 79.9. The normalized spacial score (nSPS) is 10.1. The van der Waals surface area contributed by atoms with Gasteiger partial charge in [-0.3, -0.25) is 0 Å². The van der Waals surface area contributed by atoms with E-state index in [2.05, 4.69) is 26.8 Å². The van der Waals surface area contributed by atoms with Gasteiger partial charge in [0.05, 0.1) is 15.8 Å². The average Bonchev–Trinajstić information content (AvgIpc) is 2.40. The maximum Gasteiger partial charge on any atom is 0.139 e. The van der Waals surface area contributed by atoms with Crippen LogP contribution in [0.2, 0.25) is 0 Å². The van der Waals surface area contributed by atoms with E-state index in [1.165, 1.54) is 6.07 Å². The van der Waals surface area contributed by atoms with E-state index < -0.39 is 0 Å². The molecule has 2 N–H and O–H groups in total. The zero-order valence-corrected chi connectivity index (χ0v) is 12.3. The van der Waals surface area contributed by atoms with Crippen molar-refractivity contribution in [3.05, 3.63) is 52.8 Å². The number of hydrazine groups is 1. The predicted octanol–water partition coefficient (Wildman–Crippen LogP) is 4.09. The van der Waals surface area contributed by atoms with Crippen molar-refractivity contribution in [1.29, 1.82) is 0 Å². The van der Waals surface area contributed by atoms with Crippen molar-refractivity contribution in [1.82, 2.24) is 0 Å². The number of nitrogens with one attached hydrogen (secondary N) is 2. The molecule has 100 valence electrons. The van der Waals surface area contributed by atoms with Gasteiger partial charge in [0, 0.05) is 19.8 Å². The van der Waals surface area contributed by atoms with Gasteiger partial charge in [0.25, 0.3) is 0 Å². The van der Waals surface area contributed by atoms with Crippen LogP contribution in [0.25, 0.3) is 0 Å². The Hall–Kier alpha value is -1.75. The molecule has 0 saturated heterocycles. The standard InChI is InChI=1S/C14H15BrFN3/c1-19(2)12-6-3-10(4-7-12)17-18-11-5-8-13(15)14(16)9-11/h3-9,17-18H,1-2H3. The maximum atomic E-state index is 13.3. The molecule has 3 nitrogen and oxygen atoms in total. The molecule has 0 aliphatic carbocycles. The van der Waals surface area contributed by atoms with Gasteiger partial charge >= 0.3 is 0 Å². The summed E-state index contributed by atoms with van der Waals surface area (Å²) in [6.45, 7) is 0. The molecule has 0 aliphatic rings. The van der Waals surface area contributed by atoms with Crippen molar-refractivity contribution in [2.75, 3.05) is 29.8 Å². The van der Waals surface area contributed by atoms with Crippen molar-refractivity contribution in [3.63, 3.8) is 0 Å². The molecule has 0 atom stereocenters. The van der Waals surface area contributed by atoms with E-state index >= 15 is 0 Å². The van der Waals surface area contributed by atoms with Gasteiger partial charge < -0.3 is 15.8 Å². The van der Waals surface area contributed by atoms with Crippen molar-refractivity contribution in [2.24, 2.45) is 0 Å². The van der Waals surface area contributed by atoms with E-state index in [9.17, 15) is 4.39 Å². The zero-order chi connectivity index (χ0) is 13.8. The largest absolute Gasteiger partial charge is 0.378 e. The van der Waals surface area contributed by atoms with Gasteiger partial charge in [0.2, 0.25) is 0 Å². The molecule has 0 heterocycles. The summed E-state index contributed by atoms with van der Waals surface area (Å²) in [5.41, 5.74) is 8.68. The van der Waals surface area contributed by atoms with E-state index in [4.69, 9.17) is 0 Å². The zero-order valence-electron chi connectivity index (χ0n) is 10.7. The molecule has 0 spiro atoms. The molecule has 0 fully saturated rings. The average molecular weight is 324 g/mol. The van der Waals surface area contributed by atoms with Crippen LogP contribution in [-0.4, -0.2) is 14.1 Å². The van der Waals surface area contributed by atoms with E-state index in [1.54, 1.807) is 12.1 Å². The Bertz CT molecular complexity index is 555. The summed E-state index contributed by atoms with van der Waals surface area (Å²) in [6.07, 6.45) is 0. The van der Waals surface area contributed by atoms with Gasteiger partial charge in [-0.25, -0.2) is 4.39 Å². The number of rotatable bonds is 4. The number of benzene rings is 2. The summed E-state index contributed by atoms with van der Waals surface area (Å²) in [6, 6.07) is 12.8. The first-order valence-electron chi connectivity index (χ1n) is 5.81. The van der Waals surface area contributed by atoms with Crippen LogP contribution in [0, 0.1) is 5.82 Å². The molecule has 0 amide bonds. The summed E-state index contributed by atoms with van der Waals surface area (Å²) in [5.74, 6) is -0.297. The lowest BCUT2D eigenvalue weighted by Crippen LogP contribution is -2.10. The third-order valence-electron chi connectivity index (χ3n) is 2.65. The number of nitrogens with zero attached hydrogens (tertiary/aromatic N) is 1. The molecule has 2 aromatic rings. The molecule has 0 unspecified atom stereocenters. The SMILES string of the molecule is CN(C)c1ccc(NNc2ccc(Br)c(F)c2)cc1. The molecule has 0 aliphatic heterocycles. The van der Waals surface area contributed by atoms with Crippen LogP contribution in [0.15, 0.2) is 46.9 Å². The van der Waals surface area contributed by atoms with Crippen molar-refractivity contribution in [3.8, 4) is 0 Å². The van der Waals surface area contributed by atoms with Crippen LogP contribution >= 0.6 is 15.9 Å². The summed E-state index contributed by atoms with van der Waals surface area (Å²) in [4.78, 5) is 2.03. The van der Waals surface area contributed by atoms with E-state index in [1.807, 2.05) is 43.3 Å². The minimum Gasteiger partial charge on any atom is -0.378 e. The molecular weight excluding hydrogens is 309 g/mol. The topological polar surface area (TPSA) is 27.3 Å². The summed E-state index contributed by atoms with van der Waals surface area (Å²) < 4.78 is 13.8. The van der Waals surface area contributed by atoms with Crippen molar-refractivity contribution < 1.29 is 4.39 Å². The number of anilines is 3. The number of hydrogen-bond donors (Lipinski definition) is 2. The summed E-state index contributed by atoms with van der Waals surface area (Å²) >= 11 is 3.12. The first-order valence-corrected chi connectivity index (χ1v) is 6.60. The Labute approximate surface area is 120 Å². The molecule has 0 bridgehead atoms. The minimum absolute atomic E-state index is 0.297. The second-order valence-electron chi connectivity index (χ2n) is 4.32. The van der Waals surface area contributed by atoms with Crippen LogP contribution in [0.4, 0.5) is 21.5 Å². The Kier molecular flexibility index (Phi) is 4.27. The highest BCUT2D eigenvalue weighted by molar-refractivity contribution is 9.10. The van der Waals surface area contributed by atoms with Crippen molar-refractivity contribution >= 4 is 33.0 Å². The molecule has 0 aromatic heterocycles. The smallest absolute Gasteiger partial charge is 0.139 e. The van der Waals surface area contributed by atoms with Crippen LogP contribution in [0.3, 0.4) is 0 Å². The molecular formula is C14H15BrFN3. The van der Waals surface area contributed by atoms with Crippen LogP contribution < -0.4 is 15.8 Å². The Morgan fingerprint density at radius 1 is 0.947 bits per heavy atom. The third-order valence-corrected chi connectivity index (χ3v) is 3.30. The minimum atomic E-state index is -0.297. The van der Waals surface area contributed by atoms with Crippen LogP contribution in [0.1, 0.15) is 0 Å². The fourth-order valence-electron chi connectivity index (χ4n) is 1.56. The fraction of sp³-hybridized carbons (Fsp3) is 0.143. The fourth-order valence-corrected chi connectivity index (χ4v) is 1.81. The van der Waals surface area contributed by atoms with Crippen LogP contribution in [0.5, 0.6) is 0 Å². The lowest BCUT2D eigenvalue weighted by molar-refractivity contribution is 0.621. The van der Waals surface area contributed by atoms with Gasteiger partial charge in [-0.2, -0.15) is 0 Å². The number of halogens is 2. The quantitative estimate of drug-likeness (QED) is 0.830. The first kappa shape index (κ1) is 13.7. The van der Waals surface area contributed by atoms with E-state index in [-0.39, 0.29) is 5.82 Å². The molecule has 5 heteroatoms. The Balaban J connectivity index is 2.00. The monoisotopic (exact) mass is 323 g/mol. The van der Waals surface area contributed by atoms with Gasteiger partial charge in [0.1, 0.15) is 5.82 Å². The third kappa shape index (κ3) is 3.61. The molecule has 2 rings (SSSR count). The van der Waals surface area contributed by atoms with Crippen LogP contribution in [-0.2, 0) is 0 Å². The predicted molar refractivity (Wildman–Crippen MR) is 82.1 cm³/mol.